The minimum Gasteiger partial charge on any atom is -0.494 e. The van der Waals surface area contributed by atoms with Crippen molar-refractivity contribution in [2.75, 3.05) is 19.0 Å². The normalized spacial score (nSPS) is 10.5. The molecule has 134 valence electrons. The van der Waals surface area contributed by atoms with E-state index in [9.17, 15) is 4.79 Å². The van der Waals surface area contributed by atoms with Gasteiger partial charge in [-0.25, -0.2) is 0 Å². The lowest BCUT2D eigenvalue weighted by molar-refractivity contribution is 0.102. The molecule has 3 aromatic rings. The Morgan fingerprint density at radius 2 is 1.92 bits per heavy atom. The average Bonchev–Trinajstić information content (AvgIpc) is 2.69. The topological polar surface area (TPSA) is 60.5 Å². The molecule has 0 saturated heterocycles. The van der Waals surface area contributed by atoms with E-state index >= 15 is 0 Å². The van der Waals surface area contributed by atoms with Crippen LogP contribution in [-0.4, -0.2) is 24.6 Å². The summed E-state index contributed by atoms with van der Waals surface area (Å²) in [5.41, 5.74) is 1.98. The molecule has 0 aliphatic rings. The van der Waals surface area contributed by atoms with Gasteiger partial charge >= 0.3 is 0 Å². The Hall–Kier alpha value is -3.08. The lowest BCUT2D eigenvalue weighted by atomic mass is 10.1. The molecular formula is C21H22N2O3. The molecular weight excluding hydrogens is 328 g/mol. The molecule has 1 N–H and O–H groups in total. The van der Waals surface area contributed by atoms with Gasteiger partial charge in [0, 0.05) is 17.1 Å². The maximum absolute atomic E-state index is 12.6. The van der Waals surface area contributed by atoms with Gasteiger partial charge in [0.1, 0.15) is 17.0 Å². The molecule has 5 nitrogen and oxygen atoms in total. The van der Waals surface area contributed by atoms with Crippen molar-refractivity contribution < 1.29 is 14.3 Å². The van der Waals surface area contributed by atoms with Crippen LogP contribution in [-0.2, 0) is 0 Å². The van der Waals surface area contributed by atoms with E-state index in [1.54, 1.807) is 31.5 Å². The molecule has 1 amide bonds. The van der Waals surface area contributed by atoms with Crippen LogP contribution >= 0.6 is 0 Å². The van der Waals surface area contributed by atoms with Gasteiger partial charge in [-0.05, 0) is 55.0 Å². The Balaban J connectivity index is 1.77. The van der Waals surface area contributed by atoms with Crippen molar-refractivity contribution in [2.24, 2.45) is 0 Å². The van der Waals surface area contributed by atoms with Crippen LogP contribution in [0.5, 0.6) is 11.5 Å². The van der Waals surface area contributed by atoms with Crippen LogP contribution in [0.15, 0.2) is 54.7 Å². The van der Waals surface area contributed by atoms with Crippen LogP contribution in [0.25, 0.3) is 10.9 Å². The third kappa shape index (κ3) is 3.94. The average molecular weight is 350 g/mol. The van der Waals surface area contributed by atoms with Gasteiger partial charge in [-0.3, -0.25) is 9.78 Å². The first-order chi connectivity index (χ1) is 12.7. The summed E-state index contributed by atoms with van der Waals surface area (Å²) in [6.07, 6.45) is 3.81. The highest BCUT2D eigenvalue weighted by atomic mass is 16.5. The van der Waals surface area contributed by atoms with Crippen molar-refractivity contribution in [3.63, 3.8) is 0 Å². The zero-order valence-corrected chi connectivity index (χ0v) is 15.0. The number of nitrogens with zero attached hydrogens (tertiary/aromatic N) is 1. The number of carbonyl (C=O) groups is 1. The molecule has 26 heavy (non-hydrogen) atoms. The number of fused-ring (bicyclic) bond motifs is 1. The number of ether oxygens (including phenoxy) is 2. The Kier molecular flexibility index (Phi) is 5.69. The first kappa shape index (κ1) is 17.7. The Morgan fingerprint density at radius 3 is 2.65 bits per heavy atom. The van der Waals surface area contributed by atoms with Gasteiger partial charge in [-0.1, -0.05) is 13.3 Å². The van der Waals surface area contributed by atoms with Gasteiger partial charge in [0.25, 0.3) is 5.91 Å². The summed E-state index contributed by atoms with van der Waals surface area (Å²) in [7, 11) is 1.60. The van der Waals surface area contributed by atoms with Crippen molar-refractivity contribution in [2.45, 2.75) is 19.8 Å². The number of hydrogen-bond donors (Lipinski definition) is 1. The summed E-state index contributed by atoms with van der Waals surface area (Å²) in [5.74, 6) is 1.27. The quantitative estimate of drug-likeness (QED) is 0.629. The molecule has 2 aromatic carbocycles. The third-order valence-corrected chi connectivity index (χ3v) is 4.08. The Morgan fingerprint density at radius 1 is 1.12 bits per heavy atom. The fourth-order valence-electron chi connectivity index (χ4n) is 2.65. The fourth-order valence-corrected chi connectivity index (χ4v) is 2.65. The SMILES string of the molecule is CCCCOc1ccc(C(=O)Nc2ccc(OC)c3ncccc23)cc1. The van der Waals surface area contributed by atoms with Crippen LogP contribution in [0.4, 0.5) is 5.69 Å². The molecule has 0 saturated carbocycles. The molecule has 0 spiro atoms. The minimum atomic E-state index is -0.180. The van der Waals surface area contributed by atoms with E-state index in [-0.39, 0.29) is 5.91 Å². The largest absolute Gasteiger partial charge is 0.494 e. The summed E-state index contributed by atoms with van der Waals surface area (Å²) in [6.45, 7) is 2.81. The third-order valence-electron chi connectivity index (χ3n) is 4.08. The lowest BCUT2D eigenvalue weighted by Gasteiger charge is -2.11. The molecule has 0 aliphatic carbocycles. The summed E-state index contributed by atoms with van der Waals surface area (Å²) in [4.78, 5) is 16.9. The molecule has 0 aliphatic heterocycles. The van der Waals surface area contributed by atoms with Crippen LogP contribution in [0.1, 0.15) is 30.1 Å². The second-order valence-electron chi connectivity index (χ2n) is 5.90. The molecule has 0 atom stereocenters. The number of amides is 1. The molecule has 0 radical (unpaired) electrons. The van der Waals surface area contributed by atoms with E-state index in [1.165, 1.54) is 0 Å². The molecule has 0 bridgehead atoms. The van der Waals surface area contributed by atoms with E-state index in [2.05, 4.69) is 17.2 Å². The Bertz CT molecular complexity index is 891. The van der Waals surface area contributed by atoms with Crippen molar-refractivity contribution in [3.8, 4) is 11.5 Å². The number of hydrogen-bond acceptors (Lipinski definition) is 4. The maximum Gasteiger partial charge on any atom is 0.255 e. The van der Waals surface area contributed by atoms with E-state index in [1.807, 2.05) is 30.3 Å². The van der Waals surface area contributed by atoms with Gasteiger partial charge in [-0.15, -0.1) is 0 Å². The van der Waals surface area contributed by atoms with Crippen LogP contribution in [0, 0.1) is 0 Å². The molecule has 0 unspecified atom stereocenters. The minimum absolute atomic E-state index is 0.180. The van der Waals surface area contributed by atoms with Crippen LogP contribution in [0.2, 0.25) is 0 Å². The number of aromatic nitrogens is 1. The van der Waals surface area contributed by atoms with Crippen molar-refractivity contribution in [1.82, 2.24) is 4.98 Å². The van der Waals surface area contributed by atoms with Crippen molar-refractivity contribution in [3.05, 3.63) is 60.3 Å². The van der Waals surface area contributed by atoms with Crippen LogP contribution in [0.3, 0.4) is 0 Å². The van der Waals surface area contributed by atoms with Gasteiger partial charge in [0.05, 0.1) is 19.4 Å². The number of rotatable bonds is 7. The zero-order chi connectivity index (χ0) is 18.4. The van der Waals surface area contributed by atoms with Crippen molar-refractivity contribution in [1.29, 1.82) is 0 Å². The molecule has 1 heterocycles. The molecule has 3 rings (SSSR count). The standard InChI is InChI=1S/C21H22N2O3/c1-3-4-14-26-16-9-7-15(8-10-16)21(24)23-18-11-12-19(25-2)20-17(18)6-5-13-22-20/h5-13H,3-4,14H2,1-2H3,(H,23,24). The first-order valence-electron chi connectivity index (χ1n) is 8.69. The predicted octanol–water partition coefficient (Wildman–Crippen LogP) is 4.67. The summed E-state index contributed by atoms with van der Waals surface area (Å²) >= 11 is 0. The fraction of sp³-hybridized carbons (Fsp3) is 0.238. The van der Waals surface area contributed by atoms with Crippen molar-refractivity contribution >= 4 is 22.5 Å². The highest BCUT2D eigenvalue weighted by Crippen LogP contribution is 2.30. The number of unbranched alkanes of at least 4 members (excludes halogenated alkanes) is 1. The lowest BCUT2D eigenvalue weighted by Crippen LogP contribution is -2.12. The van der Waals surface area contributed by atoms with E-state index in [0.717, 1.165) is 24.0 Å². The zero-order valence-electron chi connectivity index (χ0n) is 15.0. The molecule has 1 aromatic heterocycles. The summed E-state index contributed by atoms with van der Waals surface area (Å²) in [6, 6.07) is 14.5. The van der Waals surface area contributed by atoms with E-state index in [0.29, 0.717) is 29.1 Å². The Labute approximate surface area is 153 Å². The smallest absolute Gasteiger partial charge is 0.255 e. The number of nitrogens with one attached hydrogen (secondary N) is 1. The highest BCUT2D eigenvalue weighted by Gasteiger charge is 2.11. The van der Waals surface area contributed by atoms with Gasteiger partial charge in [-0.2, -0.15) is 0 Å². The summed E-state index contributed by atoms with van der Waals surface area (Å²) < 4.78 is 11.0. The number of carbonyl (C=O) groups excluding carboxylic acids is 1. The highest BCUT2D eigenvalue weighted by molar-refractivity contribution is 6.09. The predicted molar refractivity (Wildman–Crippen MR) is 103 cm³/mol. The number of pyridine rings is 1. The van der Waals surface area contributed by atoms with Crippen LogP contribution < -0.4 is 14.8 Å². The summed E-state index contributed by atoms with van der Waals surface area (Å²) in [5, 5.41) is 3.78. The monoisotopic (exact) mass is 350 g/mol. The second-order valence-corrected chi connectivity index (χ2v) is 5.90. The number of methoxy groups -OCH3 is 1. The van der Waals surface area contributed by atoms with E-state index in [4.69, 9.17) is 9.47 Å². The van der Waals surface area contributed by atoms with Gasteiger partial charge in [0.2, 0.25) is 0 Å². The van der Waals surface area contributed by atoms with Gasteiger partial charge in [0.15, 0.2) is 0 Å². The van der Waals surface area contributed by atoms with Gasteiger partial charge < -0.3 is 14.8 Å². The molecule has 0 fully saturated rings. The number of anilines is 1. The first-order valence-corrected chi connectivity index (χ1v) is 8.69. The van der Waals surface area contributed by atoms with E-state index < -0.39 is 0 Å². The number of benzene rings is 2. The second kappa shape index (κ2) is 8.34. The molecule has 5 heteroatoms. The maximum atomic E-state index is 12.6.